The van der Waals surface area contributed by atoms with Crippen molar-refractivity contribution in [3.05, 3.63) is 56.0 Å². The Hall–Kier alpha value is -1.33. The van der Waals surface area contributed by atoms with E-state index in [0.29, 0.717) is 5.02 Å². The molecule has 0 aliphatic carbocycles. The van der Waals surface area contributed by atoms with E-state index < -0.39 is 0 Å². The summed E-state index contributed by atoms with van der Waals surface area (Å²) in [4.78, 5) is 17.6. The van der Waals surface area contributed by atoms with E-state index in [0.717, 1.165) is 5.56 Å². The van der Waals surface area contributed by atoms with Gasteiger partial charge in [-0.25, -0.2) is 4.98 Å². The predicted molar refractivity (Wildman–Crippen MR) is 68.3 cm³/mol. The monoisotopic (exact) mass is 314 g/mol. The molecule has 4 nitrogen and oxygen atoms in total. The van der Waals surface area contributed by atoms with Crippen molar-refractivity contribution in [1.29, 1.82) is 0 Å². The Balaban J connectivity index is 2.16. The molecule has 0 fully saturated rings. The summed E-state index contributed by atoms with van der Waals surface area (Å²) in [5, 5.41) is 0.619. The predicted octanol–water partition coefficient (Wildman–Crippen LogP) is 2.76. The molecule has 1 heterocycles. The van der Waals surface area contributed by atoms with Gasteiger partial charge in [0.15, 0.2) is 0 Å². The van der Waals surface area contributed by atoms with Crippen LogP contribution in [0.4, 0.5) is 0 Å². The molecule has 88 valence electrons. The van der Waals surface area contributed by atoms with Gasteiger partial charge < -0.3 is 9.72 Å². The van der Waals surface area contributed by atoms with Crippen LogP contribution in [-0.2, 0) is 6.61 Å². The van der Waals surface area contributed by atoms with Crippen molar-refractivity contribution in [2.24, 2.45) is 0 Å². The van der Waals surface area contributed by atoms with Crippen LogP contribution in [0.1, 0.15) is 5.56 Å². The summed E-state index contributed by atoms with van der Waals surface area (Å²) >= 11 is 9.09. The zero-order chi connectivity index (χ0) is 12.3. The number of halogens is 2. The van der Waals surface area contributed by atoms with E-state index in [1.54, 1.807) is 6.07 Å². The second-order valence-electron chi connectivity index (χ2n) is 3.23. The Morgan fingerprint density at radius 3 is 2.94 bits per heavy atom. The van der Waals surface area contributed by atoms with Crippen molar-refractivity contribution >= 4 is 27.5 Å². The first-order valence-electron chi connectivity index (χ1n) is 4.78. The second kappa shape index (κ2) is 5.33. The molecule has 0 amide bonds. The third-order valence-corrected chi connectivity index (χ3v) is 3.15. The lowest BCUT2D eigenvalue weighted by Crippen LogP contribution is -2.10. The molecule has 0 aliphatic heterocycles. The number of nitrogens with one attached hydrogen (secondary N) is 1. The van der Waals surface area contributed by atoms with Gasteiger partial charge in [-0.2, -0.15) is 0 Å². The van der Waals surface area contributed by atoms with Gasteiger partial charge in [0, 0.05) is 10.6 Å². The molecule has 1 N–H and O–H groups in total. The standard InChI is InChI=1S/C11H8BrClN2O2/c12-9-10(16)14-6-15-11(9)17-5-7-3-1-2-4-8(7)13/h1-4,6H,5H2,(H,14,15,16). The maximum atomic E-state index is 11.3. The van der Waals surface area contributed by atoms with E-state index in [1.807, 2.05) is 18.2 Å². The molecule has 2 aromatic rings. The summed E-state index contributed by atoms with van der Waals surface area (Å²) in [5.74, 6) is 0.244. The van der Waals surface area contributed by atoms with Crippen LogP contribution in [0.25, 0.3) is 0 Å². The third-order valence-electron chi connectivity index (χ3n) is 2.09. The van der Waals surface area contributed by atoms with Crippen LogP contribution in [0.5, 0.6) is 5.88 Å². The molecule has 0 atom stereocenters. The summed E-state index contributed by atoms with van der Waals surface area (Å²) in [7, 11) is 0. The minimum absolute atomic E-state index is 0.244. The topological polar surface area (TPSA) is 55.0 Å². The minimum Gasteiger partial charge on any atom is -0.472 e. The highest BCUT2D eigenvalue weighted by atomic mass is 79.9. The fourth-order valence-electron chi connectivity index (χ4n) is 1.23. The van der Waals surface area contributed by atoms with Crippen molar-refractivity contribution in [2.75, 3.05) is 0 Å². The number of ether oxygens (including phenoxy) is 1. The van der Waals surface area contributed by atoms with Crippen molar-refractivity contribution in [2.45, 2.75) is 6.61 Å². The van der Waals surface area contributed by atoms with E-state index >= 15 is 0 Å². The lowest BCUT2D eigenvalue weighted by molar-refractivity contribution is 0.290. The zero-order valence-electron chi connectivity index (χ0n) is 8.61. The van der Waals surface area contributed by atoms with Gasteiger partial charge in [0.2, 0.25) is 5.88 Å². The van der Waals surface area contributed by atoms with Gasteiger partial charge >= 0.3 is 0 Å². The molecule has 1 aromatic carbocycles. The van der Waals surface area contributed by atoms with Crippen molar-refractivity contribution in [1.82, 2.24) is 9.97 Å². The summed E-state index contributed by atoms with van der Waals surface area (Å²) < 4.78 is 5.69. The smallest absolute Gasteiger partial charge is 0.268 e. The van der Waals surface area contributed by atoms with E-state index in [1.165, 1.54) is 6.33 Å². The highest BCUT2D eigenvalue weighted by Gasteiger charge is 2.07. The Morgan fingerprint density at radius 2 is 2.18 bits per heavy atom. The molecule has 6 heteroatoms. The molecule has 0 radical (unpaired) electrons. The van der Waals surface area contributed by atoms with E-state index in [-0.39, 0.29) is 22.5 Å². The number of hydrogen-bond acceptors (Lipinski definition) is 3. The summed E-state index contributed by atoms with van der Waals surface area (Å²) in [5.41, 5.74) is 0.553. The number of H-pyrrole nitrogens is 1. The first-order valence-corrected chi connectivity index (χ1v) is 5.95. The Kier molecular flexibility index (Phi) is 3.81. The van der Waals surface area contributed by atoms with E-state index in [2.05, 4.69) is 25.9 Å². The summed E-state index contributed by atoms with van der Waals surface area (Å²) in [6.07, 6.45) is 1.29. The van der Waals surface area contributed by atoms with Crippen LogP contribution in [0, 0.1) is 0 Å². The quantitative estimate of drug-likeness (QED) is 0.947. The molecule has 0 bridgehead atoms. The molecule has 0 aliphatic rings. The van der Waals surface area contributed by atoms with Gasteiger partial charge in [-0.3, -0.25) is 4.79 Å². The maximum absolute atomic E-state index is 11.3. The van der Waals surface area contributed by atoms with Gasteiger partial charge in [0.1, 0.15) is 11.1 Å². The van der Waals surface area contributed by atoms with Crippen LogP contribution >= 0.6 is 27.5 Å². The molecule has 0 unspecified atom stereocenters. The normalized spacial score (nSPS) is 10.2. The average Bonchev–Trinajstić information content (AvgIpc) is 2.33. The van der Waals surface area contributed by atoms with Crippen LogP contribution in [0.3, 0.4) is 0 Å². The molecular formula is C11H8BrClN2O2. The average molecular weight is 316 g/mol. The highest BCUT2D eigenvalue weighted by Crippen LogP contribution is 2.20. The maximum Gasteiger partial charge on any atom is 0.268 e. The highest BCUT2D eigenvalue weighted by molar-refractivity contribution is 9.10. The molecular weight excluding hydrogens is 307 g/mol. The van der Waals surface area contributed by atoms with Crippen LogP contribution in [0.15, 0.2) is 39.9 Å². The lowest BCUT2D eigenvalue weighted by atomic mass is 10.2. The van der Waals surface area contributed by atoms with Crippen molar-refractivity contribution in [3.63, 3.8) is 0 Å². The number of benzene rings is 1. The Labute approximate surface area is 111 Å². The first kappa shape index (κ1) is 12.1. The number of hydrogen-bond donors (Lipinski definition) is 1. The molecule has 2 rings (SSSR count). The SMILES string of the molecule is O=c1[nH]cnc(OCc2ccccc2Cl)c1Br. The first-order chi connectivity index (χ1) is 8.18. The number of aromatic nitrogens is 2. The van der Waals surface area contributed by atoms with Gasteiger partial charge in [-0.1, -0.05) is 29.8 Å². The fourth-order valence-corrected chi connectivity index (χ4v) is 1.75. The largest absolute Gasteiger partial charge is 0.472 e. The summed E-state index contributed by atoms with van der Waals surface area (Å²) in [6, 6.07) is 7.34. The van der Waals surface area contributed by atoms with Crippen LogP contribution in [0.2, 0.25) is 5.02 Å². The lowest BCUT2D eigenvalue weighted by Gasteiger charge is -2.07. The van der Waals surface area contributed by atoms with Gasteiger partial charge in [-0.05, 0) is 22.0 Å². The van der Waals surface area contributed by atoms with Crippen LogP contribution in [-0.4, -0.2) is 9.97 Å². The fraction of sp³-hybridized carbons (Fsp3) is 0.0909. The number of aromatic amines is 1. The molecule has 0 saturated carbocycles. The van der Waals surface area contributed by atoms with Crippen molar-refractivity contribution < 1.29 is 4.74 Å². The summed E-state index contributed by atoms with van der Waals surface area (Å²) in [6.45, 7) is 0.259. The van der Waals surface area contributed by atoms with Gasteiger partial charge in [0.25, 0.3) is 5.56 Å². The Morgan fingerprint density at radius 1 is 1.41 bits per heavy atom. The molecule has 0 spiro atoms. The van der Waals surface area contributed by atoms with Gasteiger partial charge in [0.05, 0.1) is 6.33 Å². The van der Waals surface area contributed by atoms with Gasteiger partial charge in [-0.15, -0.1) is 0 Å². The third kappa shape index (κ3) is 2.87. The Bertz CT molecular complexity index is 586. The van der Waals surface area contributed by atoms with E-state index in [4.69, 9.17) is 16.3 Å². The number of nitrogens with zero attached hydrogens (tertiary/aromatic N) is 1. The zero-order valence-corrected chi connectivity index (χ0v) is 11.0. The number of rotatable bonds is 3. The molecule has 17 heavy (non-hydrogen) atoms. The second-order valence-corrected chi connectivity index (χ2v) is 4.43. The molecule has 1 aromatic heterocycles. The van der Waals surface area contributed by atoms with Crippen molar-refractivity contribution in [3.8, 4) is 5.88 Å². The minimum atomic E-state index is -0.283. The van der Waals surface area contributed by atoms with Crippen LogP contribution < -0.4 is 10.3 Å². The molecule has 0 saturated heterocycles. The van der Waals surface area contributed by atoms with E-state index in [9.17, 15) is 4.79 Å².